The van der Waals surface area contributed by atoms with Crippen molar-refractivity contribution < 1.29 is 0 Å². The second-order valence-corrected chi connectivity index (χ2v) is 6.63. The molecule has 1 fully saturated rings. The van der Waals surface area contributed by atoms with Gasteiger partial charge in [0.15, 0.2) is 0 Å². The van der Waals surface area contributed by atoms with E-state index < -0.39 is 0 Å². The van der Waals surface area contributed by atoms with Gasteiger partial charge in [-0.3, -0.25) is 0 Å². The second kappa shape index (κ2) is 6.96. The maximum atomic E-state index is 2.39. The average Bonchev–Trinajstić information content (AvgIpc) is 2.57. The summed E-state index contributed by atoms with van der Waals surface area (Å²) in [5.74, 6) is 1.57. The molecule has 0 saturated heterocycles. The van der Waals surface area contributed by atoms with Crippen molar-refractivity contribution in [1.29, 1.82) is 0 Å². The quantitative estimate of drug-likeness (QED) is 0.565. The van der Waals surface area contributed by atoms with Crippen LogP contribution in [0.25, 0.3) is 11.1 Å². The van der Waals surface area contributed by atoms with Gasteiger partial charge in [0.1, 0.15) is 0 Å². The van der Waals surface area contributed by atoms with Gasteiger partial charge in [-0.15, -0.1) is 0 Å². The SMILES string of the molecule is CC=CC1CCC(c2ccc(-c3ccc(C)cc3)cc2)CC1. The fraction of sp³-hybridized carbons (Fsp3) is 0.364. The lowest BCUT2D eigenvalue weighted by Crippen LogP contribution is -2.11. The minimum Gasteiger partial charge on any atom is -0.0914 e. The van der Waals surface area contributed by atoms with Gasteiger partial charge in [0.05, 0.1) is 0 Å². The van der Waals surface area contributed by atoms with E-state index in [1.54, 1.807) is 0 Å². The predicted octanol–water partition coefficient (Wildman–Crippen LogP) is 6.51. The molecule has 0 atom stereocenters. The molecule has 0 unspecified atom stereocenters. The van der Waals surface area contributed by atoms with Gasteiger partial charge in [0, 0.05) is 0 Å². The van der Waals surface area contributed by atoms with Crippen molar-refractivity contribution in [2.75, 3.05) is 0 Å². The molecule has 0 radical (unpaired) electrons. The first-order valence-corrected chi connectivity index (χ1v) is 8.56. The Morgan fingerprint density at radius 2 is 1.32 bits per heavy atom. The Morgan fingerprint density at radius 1 is 0.773 bits per heavy atom. The molecule has 0 aromatic heterocycles. The van der Waals surface area contributed by atoms with E-state index in [-0.39, 0.29) is 0 Å². The van der Waals surface area contributed by atoms with Crippen molar-refractivity contribution in [3.63, 3.8) is 0 Å². The Hall–Kier alpha value is -1.82. The van der Waals surface area contributed by atoms with Crippen molar-refractivity contribution in [2.45, 2.75) is 45.4 Å². The lowest BCUT2D eigenvalue weighted by molar-refractivity contribution is 0.376. The van der Waals surface area contributed by atoms with Gasteiger partial charge in [-0.2, -0.15) is 0 Å². The minimum atomic E-state index is 0.758. The van der Waals surface area contributed by atoms with E-state index in [1.165, 1.54) is 47.9 Å². The fourth-order valence-electron chi connectivity index (χ4n) is 3.61. The van der Waals surface area contributed by atoms with Crippen LogP contribution in [0.5, 0.6) is 0 Å². The van der Waals surface area contributed by atoms with Gasteiger partial charge in [-0.25, -0.2) is 0 Å². The molecule has 0 heteroatoms. The highest BCUT2D eigenvalue weighted by Gasteiger charge is 2.20. The molecule has 0 N–H and O–H groups in total. The minimum absolute atomic E-state index is 0.758. The Bertz CT molecular complexity index is 608. The number of benzene rings is 2. The third kappa shape index (κ3) is 3.50. The lowest BCUT2D eigenvalue weighted by atomic mass is 9.78. The van der Waals surface area contributed by atoms with Gasteiger partial charge in [-0.05, 0) is 68.1 Å². The van der Waals surface area contributed by atoms with Gasteiger partial charge in [0.2, 0.25) is 0 Å². The molecule has 22 heavy (non-hydrogen) atoms. The van der Waals surface area contributed by atoms with E-state index in [1.807, 2.05) is 0 Å². The number of rotatable bonds is 3. The Morgan fingerprint density at radius 3 is 1.86 bits per heavy atom. The second-order valence-electron chi connectivity index (χ2n) is 6.63. The summed E-state index contributed by atoms with van der Waals surface area (Å²) >= 11 is 0. The number of hydrogen-bond acceptors (Lipinski definition) is 0. The highest BCUT2D eigenvalue weighted by Crippen LogP contribution is 2.36. The molecule has 114 valence electrons. The molecule has 0 spiro atoms. The van der Waals surface area contributed by atoms with Crippen molar-refractivity contribution in [3.05, 3.63) is 71.8 Å². The van der Waals surface area contributed by atoms with Crippen LogP contribution in [-0.4, -0.2) is 0 Å². The molecule has 0 amide bonds. The molecule has 1 saturated carbocycles. The number of aryl methyl sites for hydroxylation is 1. The summed E-state index contributed by atoms with van der Waals surface area (Å²) in [6, 6.07) is 18.1. The highest BCUT2D eigenvalue weighted by atomic mass is 14.3. The van der Waals surface area contributed by atoms with Crippen LogP contribution in [0.4, 0.5) is 0 Å². The molecular weight excluding hydrogens is 264 g/mol. The summed E-state index contributed by atoms with van der Waals surface area (Å²) in [4.78, 5) is 0. The molecule has 2 aromatic carbocycles. The van der Waals surface area contributed by atoms with Gasteiger partial charge in [-0.1, -0.05) is 66.2 Å². The summed E-state index contributed by atoms with van der Waals surface area (Å²) in [5.41, 5.74) is 5.48. The van der Waals surface area contributed by atoms with E-state index in [0.717, 1.165) is 11.8 Å². The third-order valence-corrected chi connectivity index (χ3v) is 5.00. The van der Waals surface area contributed by atoms with Crippen LogP contribution >= 0.6 is 0 Å². The molecule has 0 nitrogen and oxygen atoms in total. The summed E-state index contributed by atoms with van der Waals surface area (Å²) < 4.78 is 0. The van der Waals surface area contributed by atoms with Crippen molar-refractivity contribution >= 4 is 0 Å². The first-order chi connectivity index (χ1) is 10.8. The largest absolute Gasteiger partial charge is 0.0914 e. The first-order valence-electron chi connectivity index (χ1n) is 8.56. The van der Waals surface area contributed by atoms with Crippen molar-refractivity contribution in [3.8, 4) is 11.1 Å². The van der Waals surface area contributed by atoms with Crippen LogP contribution in [0.3, 0.4) is 0 Å². The molecule has 2 aromatic rings. The molecule has 1 aliphatic carbocycles. The summed E-state index contributed by atoms with van der Waals surface area (Å²) in [6.07, 6.45) is 9.94. The van der Waals surface area contributed by atoms with Crippen LogP contribution < -0.4 is 0 Å². The van der Waals surface area contributed by atoms with E-state index >= 15 is 0 Å². The predicted molar refractivity (Wildman–Crippen MR) is 96.1 cm³/mol. The van der Waals surface area contributed by atoms with Crippen LogP contribution in [0.1, 0.15) is 49.7 Å². The first kappa shape index (κ1) is 15.1. The summed E-state index contributed by atoms with van der Waals surface area (Å²) in [5, 5.41) is 0. The zero-order chi connectivity index (χ0) is 15.4. The number of hydrogen-bond donors (Lipinski definition) is 0. The molecule has 0 aliphatic heterocycles. The summed E-state index contributed by atoms with van der Waals surface area (Å²) in [7, 11) is 0. The smallest absolute Gasteiger partial charge is 0.0162 e. The molecule has 0 bridgehead atoms. The normalized spacial score (nSPS) is 22.1. The zero-order valence-corrected chi connectivity index (χ0v) is 13.8. The number of allylic oxidation sites excluding steroid dienone is 2. The van der Waals surface area contributed by atoms with Crippen LogP contribution in [0.15, 0.2) is 60.7 Å². The fourth-order valence-corrected chi connectivity index (χ4v) is 3.61. The van der Waals surface area contributed by atoms with Crippen LogP contribution in [-0.2, 0) is 0 Å². The Labute approximate surface area is 134 Å². The highest BCUT2D eigenvalue weighted by molar-refractivity contribution is 5.64. The maximum absolute atomic E-state index is 2.39. The van der Waals surface area contributed by atoms with E-state index in [2.05, 4.69) is 74.5 Å². The van der Waals surface area contributed by atoms with Crippen LogP contribution in [0, 0.1) is 12.8 Å². The molecular formula is C22H26. The lowest BCUT2D eigenvalue weighted by Gasteiger charge is -2.27. The van der Waals surface area contributed by atoms with Crippen LogP contribution in [0.2, 0.25) is 0 Å². The molecule has 0 heterocycles. The van der Waals surface area contributed by atoms with Gasteiger partial charge < -0.3 is 0 Å². The van der Waals surface area contributed by atoms with Crippen molar-refractivity contribution in [2.24, 2.45) is 5.92 Å². The third-order valence-electron chi connectivity index (χ3n) is 5.00. The standard InChI is InChI=1S/C22H26/c1-3-4-18-7-11-20(12-8-18)22-15-13-21(14-16-22)19-9-5-17(2)6-10-19/h3-6,9-10,13-16,18,20H,7-8,11-12H2,1-2H3. The maximum Gasteiger partial charge on any atom is -0.0162 e. The average molecular weight is 290 g/mol. The van der Waals surface area contributed by atoms with Gasteiger partial charge in [0.25, 0.3) is 0 Å². The Balaban J connectivity index is 1.68. The van der Waals surface area contributed by atoms with E-state index in [9.17, 15) is 0 Å². The summed E-state index contributed by atoms with van der Waals surface area (Å²) in [6.45, 7) is 4.27. The Kier molecular flexibility index (Phi) is 4.77. The van der Waals surface area contributed by atoms with E-state index in [4.69, 9.17) is 0 Å². The topological polar surface area (TPSA) is 0 Å². The monoisotopic (exact) mass is 290 g/mol. The van der Waals surface area contributed by atoms with E-state index in [0.29, 0.717) is 0 Å². The molecule has 1 aliphatic rings. The zero-order valence-electron chi connectivity index (χ0n) is 13.8. The van der Waals surface area contributed by atoms with Crippen molar-refractivity contribution in [1.82, 2.24) is 0 Å². The van der Waals surface area contributed by atoms with Gasteiger partial charge >= 0.3 is 0 Å². The molecule has 3 rings (SSSR count).